The third-order valence-corrected chi connectivity index (χ3v) is 4.31. The molecule has 1 aromatic carbocycles. The van der Waals surface area contributed by atoms with Crippen molar-refractivity contribution in [3.8, 4) is 0 Å². The summed E-state index contributed by atoms with van der Waals surface area (Å²) in [6.07, 6.45) is 2.58. The van der Waals surface area contributed by atoms with E-state index in [4.69, 9.17) is 5.73 Å². The van der Waals surface area contributed by atoms with Crippen molar-refractivity contribution in [2.45, 2.75) is 46.2 Å². The fraction of sp³-hybridized carbons (Fsp3) is 0.625. The average Bonchev–Trinajstić information content (AvgIpc) is 2.34. The highest BCUT2D eigenvalue weighted by molar-refractivity contribution is 5.85. The molecule has 19 heavy (non-hydrogen) atoms. The van der Waals surface area contributed by atoms with Crippen molar-refractivity contribution in [1.29, 1.82) is 0 Å². The first-order valence-corrected chi connectivity index (χ1v) is 7.11. The molecule has 1 heterocycles. The van der Waals surface area contributed by atoms with Crippen molar-refractivity contribution in [2.75, 3.05) is 13.1 Å². The molecule has 2 N–H and O–H groups in total. The molecule has 108 valence electrons. The number of rotatable bonds is 3. The van der Waals surface area contributed by atoms with Crippen molar-refractivity contribution in [3.05, 3.63) is 34.9 Å². The van der Waals surface area contributed by atoms with Gasteiger partial charge in [-0.3, -0.25) is 4.90 Å². The summed E-state index contributed by atoms with van der Waals surface area (Å²) < 4.78 is 0. The van der Waals surface area contributed by atoms with Gasteiger partial charge in [0.05, 0.1) is 0 Å². The van der Waals surface area contributed by atoms with Gasteiger partial charge in [0, 0.05) is 19.1 Å². The van der Waals surface area contributed by atoms with Crippen LogP contribution in [0.15, 0.2) is 18.2 Å². The van der Waals surface area contributed by atoms with Crippen LogP contribution >= 0.6 is 12.4 Å². The van der Waals surface area contributed by atoms with Crippen LogP contribution in [0.2, 0.25) is 0 Å². The predicted octanol–water partition coefficient (Wildman–Crippen LogP) is 3.28. The van der Waals surface area contributed by atoms with Crippen LogP contribution in [0.25, 0.3) is 0 Å². The van der Waals surface area contributed by atoms with Gasteiger partial charge in [-0.05, 0) is 62.8 Å². The number of hydrogen-bond acceptors (Lipinski definition) is 2. The summed E-state index contributed by atoms with van der Waals surface area (Å²) in [5, 5.41) is 0. The summed E-state index contributed by atoms with van der Waals surface area (Å²) >= 11 is 0. The highest BCUT2D eigenvalue weighted by Crippen LogP contribution is 2.22. The number of benzene rings is 1. The largest absolute Gasteiger partial charge is 0.328 e. The molecule has 0 bridgehead atoms. The van der Waals surface area contributed by atoms with E-state index in [-0.39, 0.29) is 12.4 Å². The van der Waals surface area contributed by atoms with Crippen molar-refractivity contribution in [2.24, 2.45) is 11.7 Å². The molecule has 0 saturated carbocycles. The van der Waals surface area contributed by atoms with Crippen LogP contribution in [0, 0.1) is 19.8 Å². The number of likely N-dealkylation sites (tertiary alicyclic amines) is 1. The van der Waals surface area contributed by atoms with E-state index in [1.165, 1.54) is 36.1 Å². The lowest BCUT2D eigenvalue weighted by Crippen LogP contribution is -2.42. The second kappa shape index (κ2) is 7.28. The SMILES string of the molecule is Cc1cccc(C)c1CN1CCCC(C(C)N)C1.Cl. The molecule has 1 saturated heterocycles. The predicted molar refractivity (Wildman–Crippen MR) is 84.8 cm³/mol. The van der Waals surface area contributed by atoms with Gasteiger partial charge < -0.3 is 5.73 Å². The Balaban J connectivity index is 0.00000180. The number of hydrogen-bond donors (Lipinski definition) is 1. The topological polar surface area (TPSA) is 29.3 Å². The Morgan fingerprint density at radius 1 is 1.32 bits per heavy atom. The highest BCUT2D eigenvalue weighted by Gasteiger charge is 2.23. The third-order valence-electron chi connectivity index (χ3n) is 4.31. The molecular weight excluding hydrogens is 256 g/mol. The van der Waals surface area contributed by atoms with Crippen LogP contribution in [0.5, 0.6) is 0 Å². The summed E-state index contributed by atoms with van der Waals surface area (Å²) in [6, 6.07) is 6.91. The Bertz CT molecular complexity index is 383. The molecule has 0 aliphatic carbocycles. The first-order valence-electron chi connectivity index (χ1n) is 7.11. The van der Waals surface area contributed by atoms with Gasteiger partial charge in [0.15, 0.2) is 0 Å². The van der Waals surface area contributed by atoms with Crippen molar-refractivity contribution in [3.63, 3.8) is 0 Å². The van der Waals surface area contributed by atoms with Crippen molar-refractivity contribution >= 4 is 12.4 Å². The molecule has 3 heteroatoms. The molecular formula is C16H27ClN2. The highest BCUT2D eigenvalue weighted by atomic mass is 35.5. The van der Waals surface area contributed by atoms with Gasteiger partial charge in [-0.15, -0.1) is 12.4 Å². The van der Waals surface area contributed by atoms with E-state index in [0.29, 0.717) is 12.0 Å². The third kappa shape index (κ3) is 4.20. The normalized spacial score (nSPS) is 21.8. The maximum Gasteiger partial charge on any atom is 0.0239 e. The second-order valence-electron chi connectivity index (χ2n) is 5.87. The van der Waals surface area contributed by atoms with Crippen LogP contribution in [-0.4, -0.2) is 24.0 Å². The van der Waals surface area contributed by atoms with E-state index in [2.05, 4.69) is 43.9 Å². The molecule has 0 spiro atoms. The minimum atomic E-state index is 0. The standard InChI is InChI=1S/C16H26N2.ClH/c1-12-6-4-7-13(2)16(12)11-18-9-5-8-15(10-18)14(3)17;/h4,6-7,14-15H,5,8-11,17H2,1-3H3;1H. The smallest absolute Gasteiger partial charge is 0.0239 e. The summed E-state index contributed by atoms with van der Waals surface area (Å²) in [7, 11) is 0. The lowest BCUT2D eigenvalue weighted by atomic mass is 9.91. The first kappa shape index (κ1) is 16.5. The Hall–Kier alpha value is -0.570. The molecule has 2 atom stereocenters. The molecule has 1 aliphatic rings. The minimum absolute atomic E-state index is 0. The lowest BCUT2D eigenvalue weighted by Gasteiger charge is -2.35. The van der Waals surface area contributed by atoms with E-state index in [9.17, 15) is 0 Å². The van der Waals surface area contributed by atoms with Crippen molar-refractivity contribution in [1.82, 2.24) is 4.90 Å². The number of nitrogens with zero attached hydrogens (tertiary/aromatic N) is 1. The van der Waals surface area contributed by atoms with Crippen LogP contribution in [0.3, 0.4) is 0 Å². The minimum Gasteiger partial charge on any atom is -0.328 e. The van der Waals surface area contributed by atoms with E-state index in [1.807, 2.05) is 0 Å². The number of halogens is 1. The zero-order chi connectivity index (χ0) is 13.1. The van der Waals surface area contributed by atoms with Crippen LogP contribution in [0.1, 0.15) is 36.5 Å². The van der Waals surface area contributed by atoms with Gasteiger partial charge in [0.2, 0.25) is 0 Å². The van der Waals surface area contributed by atoms with E-state index in [0.717, 1.165) is 13.1 Å². The van der Waals surface area contributed by atoms with Crippen molar-refractivity contribution < 1.29 is 0 Å². The zero-order valence-electron chi connectivity index (χ0n) is 12.4. The van der Waals surface area contributed by atoms with E-state index in [1.54, 1.807) is 0 Å². The summed E-state index contributed by atoms with van der Waals surface area (Å²) in [5.74, 6) is 0.670. The van der Waals surface area contributed by atoms with Gasteiger partial charge in [0.25, 0.3) is 0 Å². The monoisotopic (exact) mass is 282 g/mol. The average molecular weight is 283 g/mol. The molecule has 2 rings (SSSR count). The van der Waals surface area contributed by atoms with Gasteiger partial charge in [-0.1, -0.05) is 18.2 Å². The van der Waals surface area contributed by atoms with Crippen LogP contribution < -0.4 is 5.73 Å². The number of piperidine rings is 1. The summed E-state index contributed by atoms with van der Waals surface area (Å²) in [5.41, 5.74) is 10.4. The van der Waals surface area contributed by atoms with E-state index < -0.39 is 0 Å². The van der Waals surface area contributed by atoms with Gasteiger partial charge in [-0.25, -0.2) is 0 Å². The molecule has 0 amide bonds. The second-order valence-corrected chi connectivity index (χ2v) is 5.87. The number of aryl methyl sites for hydroxylation is 2. The molecule has 1 fully saturated rings. The molecule has 2 nitrogen and oxygen atoms in total. The first-order chi connectivity index (χ1) is 8.58. The Morgan fingerprint density at radius 2 is 1.95 bits per heavy atom. The molecule has 1 aromatic rings. The van der Waals surface area contributed by atoms with Crippen LogP contribution in [-0.2, 0) is 6.54 Å². The van der Waals surface area contributed by atoms with Gasteiger partial charge in [0.1, 0.15) is 0 Å². The number of nitrogens with two attached hydrogens (primary N) is 1. The molecule has 0 radical (unpaired) electrons. The Labute approximate surface area is 123 Å². The van der Waals surface area contributed by atoms with E-state index >= 15 is 0 Å². The molecule has 2 unspecified atom stereocenters. The fourth-order valence-electron chi connectivity index (χ4n) is 2.99. The van der Waals surface area contributed by atoms with Crippen LogP contribution in [0.4, 0.5) is 0 Å². The summed E-state index contributed by atoms with van der Waals surface area (Å²) in [6.45, 7) is 10.0. The van der Waals surface area contributed by atoms with Gasteiger partial charge in [-0.2, -0.15) is 0 Å². The summed E-state index contributed by atoms with van der Waals surface area (Å²) in [4.78, 5) is 2.58. The lowest BCUT2D eigenvalue weighted by molar-refractivity contribution is 0.154. The zero-order valence-corrected chi connectivity index (χ0v) is 13.2. The maximum absolute atomic E-state index is 6.06. The molecule has 0 aromatic heterocycles. The quantitative estimate of drug-likeness (QED) is 0.922. The Morgan fingerprint density at radius 3 is 2.53 bits per heavy atom. The fourth-order valence-corrected chi connectivity index (χ4v) is 2.99. The Kier molecular flexibility index (Phi) is 6.31. The van der Waals surface area contributed by atoms with Gasteiger partial charge >= 0.3 is 0 Å². The molecule has 1 aliphatic heterocycles. The maximum atomic E-state index is 6.06.